The highest BCUT2D eigenvalue weighted by Gasteiger charge is 2.17. The van der Waals surface area contributed by atoms with Gasteiger partial charge in [0.25, 0.3) is 0 Å². The number of hydrogen-bond donors (Lipinski definition) is 1. The molecule has 0 unspecified atom stereocenters. The molecule has 108 valence electrons. The number of hydrogen-bond acceptors (Lipinski definition) is 4. The Morgan fingerprint density at radius 3 is 2.74 bits per heavy atom. The van der Waals surface area contributed by atoms with Crippen molar-refractivity contribution in [1.29, 1.82) is 0 Å². The second-order valence-corrected chi connectivity index (χ2v) is 6.51. The zero-order valence-electron chi connectivity index (χ0n) is 12.7. The third kappa shape index (κ3) is 5.85. The molecule has 1 aromatic heterocycles. The Morgan fingerprint density at radius 2 is 2.21 bits per heavy atom. The fraction of sp³-hybridized carbons (Fsp3) is 0.667. The minimum atomic E-state index is 0.139. The third-order valence-electron chi connectivity index (χ3n) is 2.80. The molecule has 1 N–H and O–H groups in total. The first kappa shape index (κ1) is 16.3. The molecule has 0 radical (unpaired) electrons. The summed E-state index contributed by atoms with van der Waals surface area (Å²) in [7, 11) is 1.72. The van der Waals surface area contributed by atoms with Gasteiger partial charge >= 0.3 is 0 Å². The smallest absolute Gasteiger partial charge is 0.0985 e. The van der Waals surface area contributed by atoms with Crippen molar-refractivity contribution in [3.05, 3.63) is 21.7 Å². The lowest BCUT2D eigenvalue weighted by Crippen LogP contribution is -2.21. The zero-order valence-corrected chi connectivity index (χ0v) is 13.6. The van der Waals surface area contributed by atoms with Crippen LogP contribution in [0.2, 0.25) is 0 Å². The molecule has 0 amide bonds. The van der Waals surface area contributed by atoms with Crippen LogP contribution in [-0.2, 0) is 10.2 Å². The molecule has 0 aliphatic carbocycles. The molecule has 0 saturated heterocycles. The summed E-state index contributed by atoms with van der Waals surface area (Å²) < 4.78 is 5.02. The van der Waals surface area contributed by atoms with Crippen LogP contribution in [0.4, 0.5) is 0 Å². The number of thiazole rings is 1. The molecule has 0 atom stereocenters. The largest absolute Gasteiger partial charge is 0.383 e. The molecular weight excluding hydrogens is 256 g/mol. The molecule has 4 heteroatoms. The summed E-state index contributed by atoms with van der Waals surface area (Å²) in [5.41, 5.74) is 2.60. The second kappa shape index (κ2) is 7.78. The summed E-state index contributed by atoms with van der Waals surface area (Å²) in [6, 6.07) is 0. The van der Waals surface area contributed by atoms with E-state index in [0.717, 1.165) is 31.8 Å². The molecule has 1 aromatic rings. The topological polar surface area (TPSA) is 34.2 Å². The predicted molar refractivity (Wildman–Crippen MR) is 83.8 cm³/mol. The monoisotopic (exact) mass is 282 g/mol. The summed E-state index contributed by atoms with van der Waals surface area (Å²) in [6.45, 7) is 11.3. The van der Waals surface area contributed by atoms with Gasteiger partial charge in [-0.15, -0.1) is 11.3 Å². The normalized spacial score (nSPS) is 13.0. The van der Waals surface area contributed by atoms with Crippen LogP contribution in [0.1, 0.15) is 44.8 Å². The summed E-state index contributed by atoms with van der Waals surface area (Å²) in [6.07, 6.45) is 3.24. The molecule has 0 aromatic carbocycles. The van der Waals surface area contributed by atoms with Gasteiger partial charge in [0.15, 0.2) is 0 Å². The Hall–Kier alpha value is -0.710. The highest BCUT2D eigenvalue weighted by atomic mass is 32.1. The van der Waals surface area contributed by atoms with Crippen molar-refractivity contribution in [2.24, 2.45) is 0 Å². The van der Waals surface area contributed by atoms with E-state index in [1.807, 2.05) is 0 Å². The van der Waals surface area contributed by atoms with Gasteiger partial charge in [0, 0.05) is 31.0 Å². The number of nitrogens with one attached hydrogen (secondary N) is 1. The lowest BCUT2D eigenvalue weighted by Gasteiger charge is -2.13. The van der Waals surface area contributed by atoms with Gasteiger partial charge in [-0.3, -0.25) is 0 Å². The summed E-state index contributed by atoms with van der Waals surface area (Å²) in [5, 5.41) is 6.72. The molecule has 0 bridgehead atoms. The van der Waals surface area contributed by atoms with Gasteiger partial charge in [0.05, 0.1) is 17.3 Å². The van der Waals surface area contributed by atoms with Gasteiger partial charge < -0.3 is 10.1 Å². The van der Waals surface area contributed by atoms with E-state index < -0.39 is 0 Å². The van der Waals surface area contributed by atoms with Gasteiger partial charge in [0.2, 0.25) is 0 Å². The van der Waals surface area contributed by atoms with Crippen LogP contribution in [0, 0.1) is 0 Å². The first-order valence-corrected chi connectivity index (χ1v) is 7.70. The van der Waals surface area contributed by atoms with E-state index in [4.69, 9.17) is 9.72 Å². The summed E-state index contributed by atoms with van der Waals surface area (Å²) >= 11 is 1.74. The van der Waals surface area contributed by atoms with Crippen molar-refractivity contribution in [3.63, 3.8) is 0 Å². The number of nitrogens with zero attached hydrogens (tertiary/aromatic N) is 1. The maximum absolute atomic E-state index is 5.02. The minimum absolute atomic E-state index is 0.139. The molecule has 0 aliphatic heterocycles. The molecule has 3 nitrogen and oxygen atoms in total. The van der Waals surface area contributed by atoms with Gasteiger partial charge in [-0.25, -0.2) is 4.98 Å². The lowest BCUT2D eigenvalue weighted by molar-refractivity contribution is 0.200. The van der Waals surface area contributed by atoms with Gasteiger partial charge in [-0.05, 0) is 12.5 Å². The molecule has 19 heavy (non-hydrogen) atoms. The van der Waals surface area contributed by atoms with Gasteiger partial charge in [-0.1, -0.05) is 33.3 Å². The predicted octanol–water partition coefficient (Wildman–Crippen LogP) is 3.47. The first-order valence-electron chi connectivity index (χ1n) is 6.82. The standard InChI is InChI=1S/C15H26N2OS/c1-6-12(10-16-7-8-18-5)9-13-11-19-14(17-13)15(2,3)4/h9,11,16H,6-8,10H2,1-5H3. The molecular formula is C15H26N2OS. The van der Waals surface area contributed by atoms with Gasteiger partial charge in [0.1, 0.15) is 0 Å². The van der Waals surface area contributed by atoms with E-state index >= 15 is 0 Å². The summed E-state index contributed by atoms with van der Waals surface area (Å²) in [5.74, 6) is 0. The number of rotatable bonds is 7. The Balaban J connectivity index is 2.62. The Labute approximate surface area is 121 Å². The Morgan fingerprint density at radius 1 is 1.47 bits per heavy atom. The average Bonchev–Trinajstić information content (AvgIpc) is 2.81. The fourth-order valence-corrected chi connectivity index (χ4v) is 2.47. The van der Waals surface area contributed by atoms with E-state index in [-0.39, 0.29) is 5.41 Å². The summed E-state index contributed by atoms with van der Waals surface area (Å²) in [4.78, 5) is 4.70. The fourth-order valence-electron chi connectivity index (χ4n) is 1.61. The van der Waals surface area contributed by atoms with Crippen LogP contribution < -0.4 is 5.32 Å². The molecule has 0 fully saturated rings. The zero-order chi connectivity index (χ0) is 14.3. The number of ether oxygens (including phenoxy) is 1. The lowest BCUT2D eigenvalue weighted by atomic mass is 9.98. The van der Waals surface area contributed by atoms with Gasteiger partial charge in [-0.2, -0.15) is 0 Å². The Bertz CT molecular complexity index is 405. The van der Waals surface area contributed by atoms with Crippen molar-refractivity contribution < 1.29 is 4.74 Å². The Kier molecular flexibility index (Phi) is 6.69. The average molecular weight is 282 g/mol. The molecule has 0 aliphatic rings. The van der Waals surface area contributed by atoms with Crippen molar-refractivity contribution >= 4 is 17.4 Å². The van der Waals surface area contributed by atoms with E-state index in [1.165, 1.54) is 10.6 Å². The van der Waals surface area contributed by atoms with E-state index in [0.29, 0.717) is 0 Å². The van der Waals surface area contributed by atoms with Crippen LogP contribution >= 0.6 is 11.3 Å². The maximum Gasteiger partial charge on any atom is 0.0985 e. The van der Waals surface area contributed by atoms with Crippen molar-refractivity contribution in [2.75, 3.05) is 26.8 Å². The van der Waals surface area contributed by atoms with Crippen molar-refractivity contribution in [1.82, 2.24) is 10.3 Å². The highest BCUT2D eigenvalue weighted by molar-refractivity contribution is 7.09. The van der Waals surface area contributed by atoms with Crippen molar-refractivity contribution in [2.45, 2.75) is 39.5 Å². The van der Waals surface area contributed by atoms with Crippen molar-refractivity contribution in [3.8, 4) is 0 Å². The minimum Gasteiger partial charge on any atom is -0.383 e. The molecule has 1 rings (SSSR count). The van der Waals surface area contributed by atoms with E-state index in [9.17, 15) is 0 Å². The molecule has 1 heterocycles. The number of aromatic nitrogens is 1. The van der Waals surface area contributed by atoms with E-state index in [1.54, 1.807) is 18.4 Å². The highest BCUT2D eigenvalue weighted by Crippen LogP contribution is 2.26. The second-order valence-electron chi connectivity index (χ2n) is 5.65. The van der Waals surface area contributed by atoms with E-state index in [2.05, 4.69) is 44.5 Å². The van der Waals surface area contributed by atoms with Crippen LogP contribution in [-0.4, -0.2) is 31.8 Å². The quantitative estimate of drug-likeness (QED) is 0.778. The molecule has 0 spiro atoms. The third-order valence-corrected chi connectivity index (χ3v) is 4.09. The molecule has 0 saturated carbocycles. The van der Waals surface area contributed by atoms with Crippen LogP contribution in [0.5, 0.6) is 0 Å². The maximum atomic E-state index is 5.02. The SMILES string of the molecule is CCC(=Cc1csc(C(C)(C)C)n1)CNCCOC. The number of methoxy groups -OCH3 is 1. The first-order chi connectivity index (χ1) is 8.97. The van der Waals surface area contributed by atoms with Crippen LogP contribution in [0.25, 0.3) is 6.08 Å². The van der Waals surface area contributed by atoms with Crippen LogP contribution in [0.3, 0.4) is 0 Å². The van der Waals surface area contributed by atoms with Crippen LogP contribution in [0.15, 0.2) is 11.0 Å².